The Bertz CT molecular complexity index is 1020. The molecule has 3 rings (SSSR count). The molecule has 1 saturated carbocycles. The molecule has 1 aliphatic rings. The number of unbranched alkanes of at least 4 members (excludes halogenated alkanes) is 4. The van der Waals surface area contributed by atoms with E-state index in [1.54, 1.807) is 0 Å². The SMILES string of the molecule is C[C@H](CC(=O)O)CC(=O)c1c(CCCCCCC#CC2CCC2)n(C)c2ccc(Cl)cc12. The van der Waals surface area contributed by atoms with Gasteiger partial charge in [0.2, 0.25) is 0 Å². The fourth-order valence-corrected chi connectivity index (χ4v) is 4.66. The van der Waals surface area contributed by atoms with Gasteiger partial charge in [-0.1, -0.05) is 43.7 Å². The molecule has 0 aliphatic heterocycles. The van der Waals surface area contributed by atoms with E-state index in [9.17, 15) is 9.59 Å². The molecule has 0 radical (unpaired) electrons. The van der Waals surface area contributed by atoms with Crippen LogP contribution in [0.4, 0.5) is 0 Å². The number of rotatable bonds is 11. The summed E-state index contributed by atoms with van der Waals surface area (Å²) in [5.74, 6) is 6.29. The highest BCUT2D eigenvalue weighted by atomic mass is 35.5. The zero-order valence-corrected chi connectivity index (χ0v) is 20.0. The van der Waals surface area contributed by atoms with E-state index in [1.165, 1.54) is 19.3 Å². The van der Waals surface area contributed by atoms with Gasteiger partial charge in [0, 0.05) is 59.4 Å². The van der Waals surface area contributed by atoms with Gasteiger partial charge in [-0.2, -0.15) is 0 Å². The number of benzene rings is 1. The zero-order chi connectivity index (χ0) is 23.1. The van der Waals surface area contributed by atoms with Crippen molar-refractivity contribution in [2.45, 2.75) is 77.6 Å². The fourth-order valence-electron chi connectivity index (χ4n) is 4.49. The highest BCUT2D eigenvalue weighted by Crippen LogP contribution is 2.31. The number of aliphatic carboxylic acids is 1. The summed E-state index contributed by atoms with van der Waals surface area (Å²) in [5.41, 5.74) is 2.73. The average Bonchev–Trinajstić information content (AvgIpc) is 2.95. The Balaban J connectivity index is 1.64. The third-order valence-corrected chi connectivity index (χ3v) is 6.73. The van der Waals surface area contributed by atoms with Crippen molar-refractivity contribution in [3.05, 3.63) is 34.5 Å². The molecule has 1 aromatic carbocycles. The minimum absolute atomic E-state index is 0.00374. The molecule has 2 aromatic rings. The summed E-state index contributed by atoms with van der Waals surface area (Å²) in [6, 6.07) is 5.66. The van der Waals surface area contributed by atoms with Gasteiger partial charge in [-0.3, -0.25) is 9.59 Å². The van der Waals surface area contributed by atoms with Crippen LogP contribution in [0.5, 0.6) is 0 Å². The Morgan fingerprint density at radius 2 is 1.94 bits per heavy atom. The summed E-state index contributed by atoms with van der Waals surface area (Å²) < 4.78 is 2.10. The summed E-state index contributed by atoms with van der Waals surface area (Å²) in [7, 11) is 2.00. The second-order valence-corrected chi connectivity index (χ2v) is 9.67. The van der Waals surface area contributed by atoms with Gasteiger partial charge in [0.15, 0.2) is 5.78 Å². The van der Waals surface area contributed by atoms with Crippen LogP contribution in [0.2, 0.25) is 5.02 Å². The molecule has 1 fully saturated rings. The van der Waals surface area contributed by atoms with Gasteiger partial charge in [-0.25, -0.2) is 0 Å². The highest BCUT2D eigenvalue weighted by molar-refractivity contribution is 6.31. The topological polar surface area (TPSA) is 59.3 Å². The molecule has 0 spiro atoms. The van der Waals surface area contributed by atoms with Crippen LogP contribution >= 0.6 is 11.6 Å². The van der Waals surface area contributed by atoms with Crippen LogP contribution in [0.1, 0.15) is 87.2 Å². The quantitative estimate of drug-likeness (QED) is 0.230. The second-order valence-electron chi connectivity index (χ2n) is 9.24. The molecule has 0 amide bonds. The van der Waals surface area contributed by atoms with Crippen molar-refractivity contribution in [1.82, 2.24) is 4.57 Å². The number of hydrogen-bond acceptors (Lipinski definition) is 2. The van der Waals surface area contributed by atoms with Gasteiger partial charge < -0.3 is 9.67 Å². The van der Waals surface area contributed by atoms with Crippen molar-refractivity contribution in [1.29, 1.82) is 0 Å². The van der Waals surface area contributed by atoms with Crippen LogP contribution in [-0.2, 0) is 18.3 Å². The van der Waals surface area contributed by atoms with Gasteiger partial charge >= 0.3 is 5.97 Å². The number of fused-ring (bicyclic) bond motifs is 1. The maximum Gasteiger partial charge on any atom is 0.303 e. The lowest BCUT2D eigenvalue weighted by Crippen LogP contribution is -2.12. The average molecular weight is 456 g/mol. The number of ketones is 1. The number of hydrogen-bond donors (Lipinski definition) is 1. The number of Topliss-reactive ketones (excluding diaryl/α,β-unsaturated/α-hetero) is 1. The molecule has 5 heteroatoms. The molecular weight excluding hydrogens is 422 g/mol. The molecule has 0 unspecified atom stereocenters. The number of halogens is 1. The molecule has 1 aliphatic carbocycles. The monoisotopic (exact) mass is 455 g/mol. The van der Waals surface area contributed by atoms with Gasteiger partial charge in [0.1, 0.15) is 0 Å². The van der Waals surface area contributed by atoms with Gasteiger partial charge in [0.05, 0.1) is 0 Å². The van der Waals surface area contributed by atoms with Crippen molar-refractivity contribution in [2.75, 3.05) is 0 Å². The van der Waals surface area contributed by atoms with Gasteiger partial charge in [-0.05, 0) is 56.2 Å². The predicted molar refractivity (Wildman–Crippen MR) is 130 cm³/mol. The van der Waals surface area contributed by atoms with Crippen molar-refractivity contribution in [2.24, 2.45) is 18.9 Å². The molecular formula is C27H34ClNO3. The molecule has 1 heterocycles. The summed E-state index contributed by atoms with van der Waals surface area (Å²) in [6.45, 7) is 1.82. The first-order valence-corrected chi connectivity index (χ1v) is 12.2. The van der Waals surface area contributed by atoms with Crippen molar-refractivity contribution in [3.63, 3.8) is 0 Å². The highest BCUT2D eigenvalue weighted by Gasteiger charge is 2.23. The standard InChI is InChI=1S/C27H34ClNO3/c1-19(17-26(31)32)16-25(30)27-22-18-21(28)14-15-23(22)29(2)24(27)13-8-6-4-3-5-7-10-20-11-9-12-20/h14-15,18-20H,3-6,8-9,11-13,16-17H2,1-2H3,(H,31,32)/t19-/m0/s1. The summed E-state index contributed by atoms with van der Waals surface area (Å²) in [4.78, 5) is 24.3. The van der Waals surface area contributed by atoms with Crippen molar-refractivity contribution in [3.8, 4) is 11.8 Å². The second kappa shape index (κ2) is 11.6. The third-order valence-electron chi connectivity index (χ3n) is 6.50. The van der Waals surface area contributed by atoms with E-state index in [-0.39, 0.29) is 24.5 Å². The normalized spacial score (nSPS) is 14.6. The maximum atomic E-state index is 13.2. The Morgan fingerprint density at radius 1 is 1.19 bits per heavy atom. The van der Waals surface area contributed by atoms with Gasteiger partial charge in [-0.15, -0.1) is 5.92 Å². The Morgan fingerprint density at radius 3 is 2.62 bits per heavy atom. The number of carbonyl (C=O) groups excluding carboxylic acids is 1. The van der Waals surface area contributed by atoms with Crippen molar-refractivity contribution >= 4 is 34.3 Å². The lowest BCUT2D eigenvalue weighted by Gasteiger charge is -2.18. The van der Waals surface area contributed by atoms with E-state index in [0.717, 1.165) is 55.1 Å². The molecule has 1 N–H and O–H groups in total. The van der Waals surface area contributed by atoms with Crippen LogP contribution in [0.3, 0.4) is 0 Å². The van der Waals surface area contributed by atoms with Crippen LogP contribution < -0.4 is 0 Å². The third kappa shape index (κ3) is 6.39. The maximum absolute atomic E-state index is 13.2. The minimum Gasteiger partial charge on any atom is -0.481 e. The summed E-state index contributed by atoms with van der Waals surface area (Å²) in [6.07, 6.45) is 10.3. The molecule has 1 atom stereocenters. The van der Waals surface area contributed by atoms with E-state index in [1.807, 2.05) is 32.2 Å². The molecule has 4 nitrogen and oxygen atoms in total. The number of carboxylic acid groups (broad SMARTS) is 1. The van der Waals surface area contributed by atoms with Crippen LogP contribution in [-0.4, -0.2) is 21.4 Å². The van der Waals surface area contributed by atoms with Gasteiger partial charge in [0.25, 0.3) is 0 Å². The van der Waals surface area contributed by atoms with E-state index >= 15 is 0 Å². The molecule has 0 saturated heterocycles. The minimum atomic E-state index is -0.871. The first-order chi connectivity index (χ1) is 15.4. The number of nitrogens with zero attached hydrogens (tertiary/aromatic N) is 1. The molecule has 1 aromatic heterocycles. The number of carboxylic acids is 1. The van der Waals surface area contributed by atoms with E-state index in [2.05, 4.69) is 16.4 Å². The van der Waals surface area contributed by atoms with Crippen LogP contribution in [0.15, 0.2) is 18.2 Å². The first-order valence-electron chi connectivity index (χ1n) is 11.9. The number of aromatic nitrogens is 1. The fraction of sp³-hybridized carbons (Fsp3) is 0.556. The Hall–Kier alpha value is -2.25. The lowest BCUT2D eigenvalue weighted by atomic mass is 9.86. The van der Waals surface area contributed by atoms with Crippen LogP contribution in [0.25, 0.3) is 10.9 Å². The summed E-state index contributed by atoms with van der Waals surface area (Å²) >= 11 is 6.24. The molecule has 172 valence electrons. The lowest BCUT2D eigenvalue weighted by molar-refractivity contribution is -0.137. The molecule has 0 bridgehead atoms. The number of aryl methyl sites for hydroxylation is 1. The smallest absolute Gasteiger partial charge is 0.303 e. The Kier molecular flexibility index (Phi) is 8.82. The largest absolute Gasteiger partial charge is 0.481 e. The number of carbonyl (C=O) groups is 2. The first kappa shape index (κ1) is 24.4. The molecule has 32 heavy (non-hydrogen) atoms. The zero-order valence-electron chi connectivity index (χ0n) is 19.3. The van der Waals surface area contributed by atoms with Crippen LogP contribution in [0, 0.1) is 23.7 Å². The van der Waals surface area contributed by atoms with E-state index in [4.69, 9.17) is 16.7 Å². The summed E-state index contributed by atoms with van der Waals surface area (Å²) in [5, 5.41) is 10.5. The van der Waals surface area contributed by atoms with E-state index < -0.39 is 5.97 Å². The Labute approximate surface area is 196 Å². The predicted octanol–water partition coefficient (Wildman–Crippen LogP) is 6.81. The van der Waals surface area contributed by atoms with Crippen molar-refractivity contribution < 1.29 is 14.7 Å². The van der Waals surface area contributed by atoms with E-state index in [0.29, 0.717) is 16.5 Å².